The molecule has 0 amide bonds. The van der Waals surface area contributed by atoms with E-state index in [0.717, 1.165) is 12.8 Å². The summed E-state index contributed by atoms with van der Waals surface area (Å²) in [6.45, 7) is 5.77. The van der Waals surface area contributed by atoms with E-state index in [2.05, 4.69) is 0 Å². The maximum absolute atomic E-state index is 11.6. The van der Waals surface area contributed by atoms with E-state index >= 15 is 0 Å². The van der Waals surface area contributed by atoms with Crippen LogP contribution in [0.15, 0.2) is 0 Å². The van der Waals surface area contributed by atoms with Crippen LogP contribution >= 0.6 is 0 Å². The summed E-state index contributed by atoms with van der Waals surface area (Å²) in [5.41, 5.74) is -0.649. The van der Waals surface area contributed by atoms with Gasteiger partial charge < -0.3 is 4.74 Å². The van der Waals surface area contributed by atoms with Gasteiger partial charge in [0.25, 0.3) is 0 Å². The van der Waals surface area contributed by atoms with Crippen LogP contribution in [0.5, 0.6) is 0 Å². The molecule has 3 heteroatoms. The van der Waals surface area contributed by atoms with E-state index in [4.69, 9.17) is 4.74 Å². The highest BCUT2D eigenvalue weighted by Gasteiger charge is 2.43. The van der Waals surface area contributed by atoms with Crippen molar-refractivity contribution in [2.24, 2.45) is 11.3 Å². The summed E-state index contributed by atoms with van der Waals surface area (Å²) in [5, 5.41) is 0. The Labute approximate surface area is 84.8 Å². The van der Waals surface area contributed by atoms with E-state index in [1.165, 1.54) is 0 Å². The number of ether oxygens (including phenoxy) is 1. The molecule has 0 aromatic carbocycles. The molecule has 1 aliphatic rings. The van der Waals surface area contributed by atoms with Gasteiger partial charge in [-0.1, -0.05) is 0 Å². The van der Waals surface area contributed by atoms with Crippen molar-refractivity contribution in [3.8, 4) is 0 Å². The molecule has 14 heavy (non-hydrogen) atoms. The smallest absolute Gasteiger partial charge is 0.312 e. The third kappa shape index (κ3) is 1.97. The van der Waals surface area contributed by atoms with Crippen LogP contribution in [0.2, 0.25) is 0 Å². The normalized spacial score (nSPS) is 22.5. The Morgan fingerprint density at radius 3 is 2.64 bits per heavy atom. The molecule has 0 aliphatic heterocycles. The van der Waals surface area contributed by atoms with Crippen molar-refractivity contribution in [2.75, 3.05) is 6.61 Å². The first-order valence-electron chi connectivity index (χ1n) is 5.20. The van der Waals surface area contributed by atoms with Gasteiger partial charge in [-0.05, 0) is 33.6 Å². The van der Waals surface area contributed by atoms with Gasteiger partial charge in [0.15, 0.2) is 0 Å². The molecular formula is C11H18O3. The van der Waals surface area contributed by atoms with E-state index in [0.29, 0.717) is 13.0 Å². The molecule has 1 unspecified atom stereocenters. The lowest BCUT2D eigenvalue weighted by Gasteiger charge is -2.27. The Balaban J connectivity index is 2.72. The molecule has 0 radical (unpaired) electrons. The molecule has 0 bridgehead atoms. The molecule has 1 aliphatic carbocycles. The first kappa shape index (κ1) is 11.2. The number of ketones is 1. The van der Waals surface area contributed by atoms with Crippen LogP contribution in [-0.4, -0.2) is 18.4 Å². The SMILES string of the molecule is CCOC(=O)C(C)(C)C1CCCC1=O. The number of hydrogen-bond donors (Lipinski definition) is 0. The number of carbonyl (C=O) groups excluding carboxylic acids is 2. The molecular weight excluding hydrogens is 180 g/mol. The summed E-state index contributed by atoms with van der Waals surface area (Å²) in [5.74, 6) is -0.176. The van der Waals surface area contributed by atoms with Crippen LogP contribution in [0.3, 0.4) is 0 Å². The lowest BCUT2D eigenvalue weighted by Crippen LogP contribution is -2.36. The first-order valence-corrected chi connectivity index (χ1v) is 5.20. The topological polar surface area (TPSA) is 43.4 Å². The summed E-state index contributed by atoms with van der Waals surface area (Å²) < 4.78 is 4.98. The van der Waals surface area contributed by atoms with Crippen molar-refractivity contribution in [1.82, 2.24) is 0 Å². The van der Waals surface area contributed by atoms with Gasteiger partial charge in [-0.2, -0.15) is 0 Å². The molecule has 0 saturated heterocycles. The molecule has 0 N–H and O–H groups in total. The van der Waals surface area contributed by atoms with Crippen LogP contribution in [0.4, 0.5) is 0 Å². The molecule has 80 valence electrons. The van der Waals surface area contributed by atoms with E-state index in [9.17, 15) is 9.59 Å². The third-order valence-corrected chi connectivity index (χ3v) is 2.98. The summed E-state index contributed by atoms with van der Waals surface area (Å²) in [6.07, 6.45) is 2.35. The molecule has 0 spiro atoms. The predicted octanol–water partition coefficient (Wildman–Crippen LogP) is 1.94. The molecule has 0 heterocycles. The molecule has 1 atom stereocenters. The first-order chi connectivity index (χ1) is 6.50. The van der Waals surface area contributed by atoms with Crippen LogP contribution in [0.25, 0.3) is 0 Å². The summed E-state index contributed by atoms with van der Waals surface area (Å²) in [7, 11) is 0. The monoisotopic (exact) mass is 198 g/mol. The minimum absolute atomic E-state index is 0.137. The molecule has 1 saturated carbocycles. The average molecular weight is 198 g/mol. The maximum Gasteiger partial charge on any atom is 0.312 e. The minimum Gasteiger partial charge on any atom is -0.466 e. The molecule has 3 nitrogen and oxygen atoms in total. The van der Waals surface area contributed by atoms with Crippen LogP contribution in [-0.2, 0) is 14.3 Å². The molecule has 1 fully saturated rings. The fourth-order valence-corrected chi connectivity index (χ4v) is 2.04. The second-order valence-electron chi connectivity index (χ2n) is 4.35. The number of carbonyl (C=O) groups is 2. The molecule has 0 aromatic heterocycles. The van der Waals surface area contributed by atoms with Crippen molar-refractivity contribution >= 4 is 11.8 Å². The van der Waals surface area contributed by atoms with E-state index in [-0.39, 0.29) is 17.7 Å². The molecule has 1 rings (SSSR count). The van der Waals surface area contributed by atoms with E-state index in [1.54, 1.807) is 20.8 Å². The average Bonchev–Trinajstić information content (AvgIpc) is 2.52. The van der Waals surface area contributed by atoms with Gasteiger partial charge in [0.05, 0.1) is 12.0 Å². The van der Waals surface area contributed by atoms with Crippen molar-refractivity contribution in [3.05, 3.63) is 0 Å². The van der Waals surface area contributed by atoms with E-state index < -0.39 is 5.41 Å². The van der Waals surface area contributed by atoms with Gasteiger partial charge >= 0.3 is 5.97 Å². The number of hydrogen-bond acceptors (Lipinski definition) is 3. The predicted molar refractivity (Wildman–Crippen MR) is 52.8 cm³/mol. The third-order valence-electron chi connectivity index (χ3n) is 2.98. The summed E-state index contributed by atoms with van der Waals surface area (Å²) in [4.78, 5) is 23.1. The quantitative estimate of drug-likeness (QED) is 0.651. The highest BCUT2D eigenvalue weighted by molar-refractivity contribution is 5.90. The molecule has 0 aromatic rings. The van der Waals surface area contributed by atoms with Gasteiger partial charge in [0.2, 0.25) is 0 Å². The second-order valence-corrected chi connectivity index (χ2v) is 4.35. The Morgan fingerprint density at radius 1 is 1.57 bits per heavy atom. The summed E-state index contributed by atoms with van der Waals surface area (Å²) in [6, 6.07) is 0. The fourth-order valence-electron chi connectivity index (χ4n) is 2.04. The van der Waals surface area contributed by atoms with Gasteiger partial charge in [0.1, 0.15) is 5.78 Å². The highest BCUT2D eigenvalue weighted by atomic mass is 16.5. The van der Waals surface area contributed by atoms with Crippen LogP contribution in [0, 0.1) is 11.3 Å². The zero-order chi connectivity index (χ0) is 10.8. The van der Waals surface area contributed by atoms with Crippen LogP contribution < -0.4 is 0 Å². The van der Waals surface area contributed by atoms with E-state index in [1.807, 2.05) is 0 Å². The lowest BCUT2D eigenvalue weighted by molar-refractivity contribution is -0.158. The number of Topliss-reactive ketones (excluding diaryl/α,β-unsaturated/α-hetero) is 1. The van der Waals surface area contributed by atoms with Gasteiger partial charge in [0, 0.05) is 12.3 Å². The van der Waals surface area contributed by atoms with Crippen molar-refractivity contribution in [3.63, 3.8) is 0 Å². The largest absolute Gasteiger partial charge is 0.466 e. The Hall–Kier alpha value is -0.860. The Morgan fingerprint density at radius 2 is 2.21 bits per heavy atom. The zero-order valence-electron chi connectivity index (χ0n) is 9.13. The lowest BCUT2D eigenvalue weighted by atomic mass is 9.77. The van der Waals surface area contributed by atoms with Crippen molar-refractivity contribution in [1.29, 1.82) is 0 Å². The maximum atomic E-state index is 11.6. The van der Waals surface area contributed by atoms with Gasteiger partial charge in [-0.25, -0.2) is 0 Å². The summed E-state index contributed by atoms with van der Waals surface area (Å²) >= 11 is 0. The Kier molecular flexibility index (Phi) is 3.29. The number of rotatable bonds is 3. The Bertz CT molecular complexity index is 243. The standard InChI is InChI=1S/C11H18O3/c1-4-14-10(13)11(2,3)8-6-5-7-9(8)12/h8H,4-7H2,1-3H3. The van der Waals surface area contributed by atoms with Crippen molar-refractivity contribution in [2.45, 2.75) is 40.0 Å². The van der Waals surface area contributed by atoms with Gasteiger partial charge in [-0.3, -0.25) is 9.59 Å². The second kappa shape index (κ2) is 4.11. The number of esters is 1. The fraction of sp³-hybridized carbons (Fsp3) is 0.818. The highest BCUT2D eigenvalue weighted by Crippen LogP contribution is 2.38. The van der Waals surface area contributed by atoms with Crippen LogP contribution in [0.1, 0.15) is 40.0 Å². The van der Waals surface area contributed by atoms with Gasteiger partial charge in [-0.15, -0.1) is 0 Å². The zero-order valence-corrected chi connectivity index (χ0v) is 9.13. The van der Waals surface area contributed by atoms with Crippen molar-refractivity contribution < 1.29 is 14.3 Å². The minimum atomic E-state index is -0.649.